The first-order valence-corrected chi connectivity index (χ1v) is 10.2. The van der Waals surface area contributed by atoms with E-state index in [1.165, 1.54) is 25.7 Å². The Morgan fingerprint density at radius 2 is 1.68 bits per heavy atom. The molecule has 22 heavy (non-hydrogen) atoms. The van der Waals surface area contributed by atoms with Gasteiger partial charge in [0.25, 0.3) is 0 Å². The lowest BCUT2D eigenvalue weighted by atomic mass is 9.64. The summed E-state index contributed by atoms with van der Waals surface area (Å²) in [5, 5.41) is 9.98. The molecule has 132 valence electrons. The molecule has 7 unspecified atom stereocenters. The van der Waals surface area contributed by atoms with E-state index in [-0.39, 0.29) is 0 Å². The maximum Gasteiger partial charge on any atom is 0.0462 e. The highest BCUT2D eigenvalue weighted by atomic mass is 32.1. The van der Waals surface area contributed by atoms with Gasteiger partial charge in [0.15, 0.2) is 0 Å². The molecule has 0 aliphatic heterocycles. The van der Waals surface area contributed by atoms with Gasteiger partial charge < -0.3 is 5.11 Å². The molecule has 1 aliphatic rings. The van der Waals surface area contributed by atoms with E-state index in [2.05, 4.69) is 54.2 Å². The van der Waals surface area contributed by atoms with Crippen LogP contribution >= 0.6 is 12.6 Å². The van der Waals surface area contributed by atoms with Crippen molar-refractivity contribution in [1.29, 1.82) is 0 Å². The molecule has 0 bridgehead atoms. The van der Waals surface area contributed by atoms with E-state index < -0.39 is 0 Å². The highest BCUT2D eigenvalue weighted by Gasteiger charge is 2.35. The molecule has 0 aromatic carbocycles. The van der Waals surface area contributed by atoms with Crippen LogP contribution in [0, 0.1) is 47.3 Å². The van der Waals surface area contributed by atoms with Crippen molar-refractivity contribution in [1.82, 2.24) is 0 Å². The zero-order valence-corrected chi connectivity index (χ0v) is 16.7. The summed E-state index contributed by atoms with van der Waals surface area (Å²) in [4.78, 5) is 0. The van der Waals surface area contributed by atoms with Gasteiger partial charge in [-0.15, -0.1) is 0 Å². The standard InChI is InChI=1S/C20H40OS/c1-13(2)16(5)19(12-22)8-7-18(11-21)20-10-14(3)9-15(4)17(20)6/h13-22H,7-12H2,1-6H3. The highest BCUT2D eigenvalue weighted by molar-refractivity contribution is 7.80. The quantitative estimate of drug-likeness (QED) is 0.561. The van der Waals surface area contributed by atoms with Crippen LogP contribution in [0.25, 0.3) is 0 Å². The molecule has 0 amide bonds. The Bertz CT molecular complexity index is 304. The smallest absolute Gasteiger partial charge is 0.0462 e. The molecule has 1 aliphatic carbocycles. The topological polar surface area (TPSA) is 20.2 Å². The second-order valence-electron chi connectivity index (χ2n) is 8.64. The van der Waals surface area contributed by atoms with Crippen LogP contribution < -0.4 is 0 Å². The van der Waals surface area contributed by atoms with E-state index in [4.69, 9.17) is 0 Å². The van der Waals surface area contributed by atoms with Crippen molar-refractivity contribution in [3.8, 4) is 0 Å². The summed E-state index contributed by atoms with van der Waals surface area (Å²) in [7, 11) is 0. The van der Waals surface area contributed by atoms with E-state index in [0.717, 1.165) is 35.3 Å². The summed E-state index contributed by atoms with van der Waals surface area (Å²) in [5.41, 5.74) is 0. The SMILES string of the molecule is CC1CC(C)C(C)C(C(CO)CCC(CS)C(C)C(C)C)C1. The summed E-state index contributed by atoms with van der Waals surface area (Å²) in [5.74, 6) is 6.68. The molecule has 0 aromatic rings. The fourth-order valence-electron chi connectivity index (χ4n) is 4.60. The predicted molar refractivity (Wildman–Crippen MR) is 101 cm³/mol. The molecule has 2 heteroatoms. The summed E-state index contributed by atoms with van der Waals surface area (Å²) in [6, 6.07) is 0. The van der Waals surface area contributed by atoms with Crippen LogP contribution in [-0.2, 0) is 0 Å². The lowest BCUT2D eigenvalue weighted by Crippen LogP contribution is -2.35. The maximum absolute atomic E-state index is 9.98. The van der Waals surface area contributed by atoms with Crippen molar-refractivity contribution in [3.63, 3.8) is 0 Å². The van der Waals surface area contributed by atoms with Gasteiger partial charge in [-0.25, -0.2) is 0 Å². The summed E-state index contributed by atoms with van der Waals surface area (Å²) < 4.78 is 0. The van der Waals surface area contributed by atoms with Crippen LogP contribution in [0.5, 0.6) is 0 Å². The van der Waals surface area contributed by atoms with Gasteiger partial charge in [0, 0.05) is 6.61 Å². The Morgan fingerprint density at radius 1 is 1.05 bits per heavy atom. The molecule has 0 saturated heterocycles. The summed E-state index contributed by atoms with van der Waals surface area (Å²) in [6.45, 7) is 14.6. The molecule has 1 rings (SSSR count). The average molecular weight is 329 g/mol. The van der Waals surface area contributed by atoms with Crippen molar-refractivity contribution >= 4 is 12.6 Å². The second kappa shape index (κ2) is 9.57. The van der Waals surface area contributed by atoms with Crippen molar-refractivity contribution in [2.75, 3.05) is 12.4 Å². The third-order valence-corrected chi connectivity index (χ3v) is 7.27. The Kier molecular flexibility index (Phi) is 8.85. The molecule has 7 atom stereocenters. The molecular weight excluding hydrogens is 288 g/mol. The Labute approximate surface area is 145 Å². The lowest BCUT2D eigenvalue weighted by molar-refractivity contribution is 0.0485. The highest BCUT2D eigenvalue weighted by Crippen LogP contribution is 2.43. The minimum atomic E-state index is 0.365. The first-order valence-electron chi connectivity index (χ1n) is 9.53. The van der Waals surface area contributed by atoms with Gasteiger partial charge in [0.05, 0.1) is 0 Å². The predicted octanol–water partition coefficient (Wildman–Crippen LogP) is 5.53. The lowest BCUT2D eigenvalue weighted by Gasteiger charge is -2.42. The molecule has 0 aromatic heterocycles. The van der Waals surface area contributed by atoms with E-state index >= 15 is 0 Å². The third-order valence-electron chi connectivity index (χ3n) is 6.80. The van der Waals surface area contributed by atoms with Crippen molar-refractivity contribution in [3.05, 3.63) is 0 Å². The minimum absolute atomic E-state index is 0.365. The van der Waals surface area contributed by atoms with Gasteiger partial charge in [-0.05, 0) is 78.8 Å². The van der Waals surface area contributed by atoms with Gasteiger partial charge in [0.2, 0.25) is 0 Å². The average Bonchev–Trinajstić information content (AvgIpc) is 2.47. The molecule has 1 saturated carbocycles. The number of aliphatic hydroxyl groups is 1. The van der Waals surface area contributed by atoms with Crippen LogP contribution in [0.15, 0.2) is 0 Å². The first kappa shape index (κ1) is 20.4. The Hall–Kier alpha value is 0.310. The largest absolute Gasteiger partial charge is 0.396 e. The van der Waals surface area contributed by atoms with Crippen molar-refractivity contribution < 1.29 is 5.11 Å². The number of hydrogen-bond donors (Lipinski definition) is 2. The van der Waals surface area contributed by atoms with Gasteiger partial charge in [-0.1, -0.05) is 41.5 Å². The number of thiol groups is 1. The van der Waals surface area contributed by atoms with Crippen LogP contribution in [0.1, 0.15) is 67.2 Å². The Morgan fingerprint density at radius 3 is 2.18 bits per heavy atom. The summed E-state index contributed by atoms with van der Waals surface area (Å²) in [6.07, 6.45) is 5.06. The fourth-order valence-corrected chi connectivity index (χ4v) is 5.12. The molecule has 1 N–H and O–H groups in total. The van der Waals surface area contributed by atoms with Gasteiger partial charge in [-0.2, -0.15) is 12.6 Å². The number of aliphatic hydroxyl groups excluding tert-OH is 1. The van der Waals surface area contributed by atoms with E-state index in [1.54, 1.807) is 0 Å². The summed E-state index contributed by atoms with van der Waals surface area (Å²) >= 11 is 4.59. The minimum Gasteiger partial charge on any atom is -0.396 e. The molecular formula is C20H40OS. The van der Waals surface area contributed by atoms with Crippen molar-refractivity contribution in [2.45, 2.75) is 67.2 Å². The van der Waals surface area contributed by atoms with Crippen LogP contribution in [-0.4, -0.2) is 17.5 Å². The third kappa shape index (κ3) is 5.44. The molecule has 0 spiro atoms. The maximum atomic E-state index is 9.98. The molecule has 0 radical (unpaired) electrons. The van der Waals surface area contributed by atoms with Crippen molar-refractivity contribution in [2.24, 2.45) is 47.3 Å². The van der Waals surface area contributed by atoms with Gasteiger partial charge in [-0.3, -0.25) is 0 Å². The van der Waals surface area contributed by atoms with Gasteiger partial charge >= 0.3 is 0 Å². The van der Waals surface area contributed by atoms with E-state index in [1.807, 2.05) is 0 Å². The molecule has 0 heterocycles. The molecule has 1 nitrogen and oxygen atoms in total. The zero-order chi connectivity index (χ0) is 16.9. The van der Waals surface area contributed by atoms with Crippen LogP contribution in [0.2, 0.25) is 0 Å². The normalized spacial score (nSPS) is 33.7. The Balaban J connectivity index is 2.63. The zero-order valence-electron chi connectivity index (χ0n) is 15.8. The molecule has 1 fully saturated rings. The first-order chi connectivity index (χ1) is 10.3. The monoisotopic (exact) mass is 328 g/mol. The van der Waals surface area contributed by atoms with Crippen LogP contribution in [0.3, 0.4) is 0 Å². The second-order valence-corrected chi connectivity index (χ2v) is 9.01. The van der Waals surface area contributed by atoms with E-state index in [0.29, 0.717) is 24.4 Å². The number of rotatable bonds is 8. The van der Waals surface area contributed by atoms with Crippen LogP contribution in [0.4, 0.5) is 0 Å². The van der Waals surface area contributed by atoms with Gasteiger partial charge in [0.1, 0.15) is 0 Å². The fraction of sp³-hybridized carbons (Fsp3) is 1.00. The number of hydrogen-bond acceptors (Lipinski definition) is 2. The van der Waals surface area contributed by atoms with E-state index in [9.17, 15) is 5.11 Å².